The van der Waals surface area contributed by atoms with Crippen molar-refractivity contribution in [3.8, 4) is 0 Å². The Bertz CT molecular complexity index is 132. The van der Waals surface area contributed by atoms with Gasteiger partial charge in [0.2, 0.25) is 0 Å². The van der Waals surface area contributed by atoms with Crippen LogP contribution < -0.4 is 0 Å². The van der Waals surface area contributed by atoms with Gasteiger partial charge in [-0.2, -0.15) is 0 Å². The Labute approximate surface area is 74.5 Å². The molecule has 1 N–H and O–H groups in total. The summed E-state index contributed by atoms with van der Waals surface area (Å²) in [5.41, 5.74) is 0. The van der Waals surface area contributed by atoms with E-state index in [1.54, 1.807) is 0 Å². The molecular formula is C6H10BrClO2. The van der Waals surface area contributed by atoms with Gasteiger partial charge in [0.25, 0.3) is 0 Å². The molecule has 0 atom stereocenters. The molecule has 1 rings (SSSR count). The Hall–Kier alpha value is 0.240. The number of rotatable bonds is 1. The quantitative estimate of drug-likeness (QED) is 0.700. The average Bonchev–Trinajstić information content (AvgIpc) is 2.16. The van der Waals surface area contributed by atoms with Crippen LogP contribution in [-0.2, 0) is 4.79 Å². The zero-order valence-electron chi connectivity index (χ0n) is 5.47. The summed E-state index contributed by atoms with van der Waals surface area (Å²) in [7, 11) is 0. The summed E-state index contributed by atoms with van der Waals surface area (Å²) in [6.45, 7) is 0. The summed E-state index contributed by atoms with van der Waals surface area (Å²) >= 11 is 3.21. The van der Waals surface area contributed by atoms with E-state index < -0.39 is 10.3 Å². The average molecular weight is 230 g/mol. The number of hydrogen-bond donors (Lipinski definition) is 1. The third-order valence-electron chi connectivity index (χ3n) is 1.78. The molecule has 60 valence electrons. The molecule has 4 heteroatoms. The maximum absolute atomic E-state index is 10.5. The van der Waals surface area contributed by atoms with E-state index in [0.717, 1.165) is 25.7 Å². The van der Waals surface area contributed by atoms with Gasteiger partial charge in [-0.1, -0.05) is 28.8 Å². The van der Waals surface area contributed by atoms with Gasteiger partial charge in [-0.15, -0.1) is 12.4 Å². The molecule has 0 bridgehead atoms. The third kappa shape index (κ3) is 1.86. The lowest BCUT2D eigenvalue weighted by Crippen LogP contribution is -2.27. The Morgan fingerprint density at radius 1 is 1.40 bits per heavy atom. The molecule has 10 heavy (non-hydrogen) atoms. The highest BCUT2D eigenvalue weighted by molar-refractivity contribution is 9.10. The first kappa shape index (κ1) is 10.2. The van der Waals surface area contributed by atoms with Crippen molar-refractivity contribution in [2.75, 3.05) is 0 Å². The van der Waals surface area contributed by atoms with E-state index in [4.69, 9.17) is 5.11 Å². The second-order valence-electron chi connectivity index (χ2n) is 2.48. The normalized spacial score (nSPS) is 21.7. The molecule has 0 spiro atoms. The molecule has 0 aromatic carbocycles. The van der Waals surface area contributed by atoms with Crippen LogP contribution >= 0.6 is 28.3 Å². The van der Waals surface area contributed by atoms with Gasteiger partial charge in [-0.3, -0.25) is 4.79 Å². The first-order chi connectivity index (χ1) is 4.15. The Morgan fingerprint density at radius 3 is 2.00 bits per heavy atom. The summed E-state index contributed by atoms with van der Waals surface area (Å²) in [5, 5.41) is 8.63. The van der Waals surface area contributed by atoms with Crippen molar-refractivity contribution in [2.45, 2.75) is 30.0 Å². The van der Waals surface area contributed by atoms with Crippen LogP contribution in [0.5, 0.6) is 0 Å². The molecule has 1 fully saturated rings. The lowest BCUT2D eigenvalue weighted by atomic mass is 10.1. The number of carbonyl (C=O) groups is 1. The highest BCUT2D eigenvalue weighted by atomic mass is 79.9. The molecule has 0 aromatic rings. The van der Waals surface area contributed by atoms with Gasteiger partial charge in [0, 0.05) is 0 Å². The summed E-state index contributed by atoms with van der Waals surface area (Å²) in [6, 6.07) is 0. The summed E-state index contributed by atoms with van der Waals surface area (Å²) in [4.78, 5) is 10.5. The predicted octanol–water partition coefficient (Wildman–Crippen LogP) is 2.20. The van der Waals surface area contributed by atoms with E-state index in [-0.39, 0.29) is 12.4 Å². The topological polar surface area (TPSA) is 37.3 Å². The van der Waals surface area contributed by atoms with E-state index in [1.807, 2.05) is 0 Å². The first-order valence-corrected chi connectivity index (χ1v) is 3.87. The van der Waals surface area contributed by atoms with E-state index in [1.165, 1.54) is 0 Å². The van der Waals surface area contributed by atoms with Gasteiger partial charge >= 0.3 is 5.97 Å². The van der Waals surface area contributed by atoms with Crippen molar-refractivity contribution in [1.29, 1.82) is 0 Å². The van der Waals surface area contributed by atoms with E-state index in [0.29, 0.717) is 0 Å². The second kappa shape index (κ2) is 3.58. The van der Waals surface area contributed by atoms with Crippen LogP contribution in [0.1, 0.15) is 25.7 Å². The van der Waals surface area contributed by atoms with Crippen LogP contribution in [0.15, 0.2) is 0 Å². The lowest BCUT2D eigenvalue weighted by molar-refractivity contribution is -0.139. The number of carboxylic acids is 1. The van der Waals surface area contributed by atoms with E-state index >= 15 is 0 Å². The zero-order chi connectivity index (χ0) is 6.91. The third-order valence-corrected chi connectivity index (χ3v) is 2.91. The highest BCUT2D eigenvalue weighted by Gasteiger charge is 2.38. The van der Waals surface area contributed by atoms with Crippen molar-refractivity contribution in [1.82, 2.24) is 0 Å². The number of halogens is 2. The van der Waals surface area contributed by atoms with Crippen LogP contribution in [0, 0.1) is 0 Å². The fourth-order valence-corrected chi connectivity index (χ4v) is 1.71. The molecule has 1 saturated carbocycles. The molecule has 0 radical (unpaired) electrons. The number of alkyl halides is 1. The molecule has 0 unspecified atom stereocenters. The smallest absolute Gasteiger partial charge is 0.320 e. The molecule has 0 aliphatic heterocycles. The van der Waals surface area contributed by atoms with Gasteiger partial charge in [-0.05, 0) is 12.8 Å². The maximum Gasteiger partial charge on any atom is 0.320 e. The van der Waals surface area contributed by atoms with Crippen LogP contribution in [0.2, 0.25) is 0 Å². The van der Waals surface area contributed by atoms with Gasteiger partial charge in [0.1, 0.15) is 4.32 Å². The van der Waals surface area contributed by atoms with Crippen LogP contribution in [0.3, 0.4) is 0 Å². The van der Waals surface area contributed by atoms with Crippen molar-refractivity contribution in [3.05, 3.63) is 0 Å². The minimum Gasteiger partial charge on any atom is -0.480 e. The summed E-state index contributed by atoms with van der Waals surface area (Å²) < 4.78 is -0.576. The van der Waals surface area contributed by atoms with Crippen molar-refractivity contribution in [2.24, 2.45) is 0 Å². The minimum atomic E-state index is -0.708. The van der Waals surface area contributed by atoms with E-state index in [2.05, 4.69) is 15.9 Å². The fourth-order valence-electron chi connectivity index (χ4n) is 1.15. The van der Waals surface area contributed by atoms with Crippen LogP contribution in [0.4, 0.5) is 0 Å². The maximum atomic E-state index is 10.5. The largest absolute Gasteiger partial charge is 0.480 e. The molecule has 1 aliphatic rings. The fraction of sp³-hybridized carbons (Fsp3) is 0.833. The molecular weight excluding hydrogens is 219 g/mol. The summed E-state index contributed by atoms with van der Waals surface area (Å²) in [5.74, 6) is -0.708. The zero-order valence-corrected chi connectivity index (χ0v) is 7.87. The summed E-state index contributed by atoms with van der Waals surface area (Å²) in [6.07, 6.45) is 3.64. The van der Waals surface area contributed by atoms with Crippen LogP contribution in [-0.4, -0.2) is 15.4 Å². The van der Waals surface area contributed by atoms with Gasteiger partial charge in [-0.25, -0.2) is 0 Å². The molecule has 0 aromatic heterocycles. The molecule has 2 nitrogen and oxygen atoms in total. The minimum absolute atomic E-state index is 0. The molecule has 0 amide bonds. The van der Waals surface area contributed by atoms with Crippen molar-refractivity contribution >= 4 is 34.3 Å². The predicted molar refractivity (Wildman–Crippen MR) is 45.0 cm³/mol. The van der Waals surface area contributed by atoms with Gasteiger partial charge in [0.05, 0.1) is 0 Å². The monoisotopic (exact) mass is 228 g/mol. The Balaban J connectivity index is 0.000000810. The number of carboxylic acid groups (broad SMARTS) is 1. The van der Waals surface area contributed by atoms with Gasteiger partial charge < -0.3 is 5.11 Å². The second-order valence-corrected chi connectivity index (χ2v) is 4.00. The van der Waals surface area contributed by atoms with Crippen LogP contribution in [0.25, 0.3) is 0 Å². The van der Waals surface area contributed by atoms with Gasteiger partial charge in [0.15, 0.2) is 0 Å². The Kier molecular flexibility index (Phi) is 3.66. The van der Waals surface area contributed by atoms with Crippen molar-refractivity contribution < 1.29 is 9.90 Å². The molecule has 0 saturated heterocycles. The molecule has 1 aliphatic carbocycles. The number of aliphatic carboxylic acids is 1. The van der Waals surface area contributed by atoms with E-state index in [9.17, 15) is 4.79 Å². The Morgan fingerprint density at radius 2 is 1.80 bits per heavy atom. The van der Waals surface area contributed by atoms with Crippen molar-refractivity contribution in [3.63, 3.8) is 0 Å². The SMILES string of the molecule is Cl.O=C(O)C1(Br)CCCC1. The standard InChI is InChI=1S/C6H9BrO2.ClH/c7-6(5(8)9)3-1-2-4-6;/h1-4H2,(H,8,9);1H. The number of hydrogen-bond acceptors (Lipinski definition) is 1. The lowest BCUT2D eigenvalue weighted by Gasteiger charge is -2.13. The first-order valence-electron chi connectivity index (χ1n) is 3.07. The molecule has 0 heterocycles. The highest BCUT2D eigenvalue weighted by Crippen LogP contribution is 2.37.